The molecule has 4 aliphatic carbocycles. The van der Waals surface area contributed by atoms with Crippen molar-refractivity contribution in [3.8, 4) is 12.0 Å². The largest absolute Gasteiger partial charge is 0.387 e. The number of nitrogens with zero attached hydrogens (tertiary/aromatic N) is 3. The molecule has 2 aromatic rings. The molecule has 8 rings (SSSR count). The van der Waals surface area contributed by atoms with Gasteiger partial charge in [0.1, 0.15) is 16.2 Å². The third kappa shape index (κ3) is 10.3. The van der Waals surface area contributed by atoms with Crippen LogP contribution in [0.4, 0.5) is 10.5 Å². The molecule has 2 aliphatic heterocycles. The molecule has 0 atom stereocenters. The van der Waals surface area contributed by atoms with Crippen molar-refractivity contribution in [2.45, 2.75) is 129 Å². The number of rotatable bonds is 7. The minimum absolute atomic E-state index is 0.133. The second kappa shape index (κ2) is 16.6. The lowest BCUT2D eigenvalue weighted by Crippen LogP contribution is -2.59. The Labute approximate surface area is 335 Å². The number of carbonyl (C=O) groups is 1. The van der Waals surface area contributed by atoms with Gasteiger partial charge in [-0.05, 0) is 132 Å². The molecule has 14 heteroatoms. The predicted molar refractivity (Wildman–Crippen MR) is 221 cm³/mol. The smallest absolute Gasteiger partial charge is 0.332 e. The summed E-state index contributed by atoms with van der Waals surface area (Å²) in [6.45, 7) is 16.8. The van der Waals surface area contributed by atoms with E-state index < -0.39 is 31.3 Å². The van der Waals surface area contributed by atoms with Crippen LogP contribution >= 0.6 is 0 Å². The van der Waals surface area contributed by atoms with Gasteiger partial charge in [-0.2, -0.15) is 0 Å². The molecule has 2 aromatic carbocycles. The Balaban J connectivity index is 0.000000159. The van der Waals surface area contributed by atoms with Gasteiger partial charge < -0.3 is 15.0 Å². The van der Waals surface area contributed by atoms with Crippen LogP contribution in [-0.4, -0.2) is 82.4 Å². The van der Waals surface area contributed by atoms with E-state index in [1.807, 2.05) is 6.26 Å². The lowest BCUT2D eigenvalue weighted by Gasteiger charge is -2.41. The Morgan fingerprint density at radius 3 is 1.50 bits per heavy atom. The molecule has 2 heterocycles. The number of sulfonamides is 2. The number of aryl methyl sites for hydroxylation is 4. The second-order valence-corrected chi connectivity index (χ2v) is 22.9. The maximum Gasteiger partial charge on any atom is 0.332 e. The van der Waals surface area contributed by atoms with E-state index in [9.17, 15) is 21.6 Å². The highest BCUT2D eigenvalue weighted by Gasteiger charge is 2.40. The van der Waals surface area contributed by atoms with Gasteiger partial charge in [-0.1, -0.05) is 53.7 Å². The molecule has 4 N–H and O–H groups in total. The Hall–Kier alpha value is -3.22. The number of nitrogens with one attached hydrogen (secondary N) is 2. The number of fused-ring (bicyclic) bond motifs is 4. The zero-order valence-electron chi connectivity index (χ0n) is 34.2. The van der Waals surface area contributed by atoms with Crippen molar-refractivity contribution in [1.29, 1.82) is 5.26 Å². The molecule has 12 nitrogen and oxygen atoms in total. The molecule has 0 bridgehead atoms. The quantitative estimate of drug-likeness (QED) is 0.311. The zero-order valence-corrected chi connectivity index (χ0v) is 35.9. The van der Waals surface area contributed by atoms with E-state index >= 15 is 0 Å². The van der Waals surface area contributed by atoms with E-state index in [2.05, 4.69) is 73.5 Å². The molecule has 0 radical (unpaired) electrons. The van der Waals surface area contributed by atoms with Gasteiger partial charge in [0, 0.05) is 45.0 Å². The van der Waals surface area contributed by atoms with Crippen molar-refractivity contribution >= 4 is 31.8 Å². The van der Waals surface area contributed by atoms with Crippen LogP contribution in [0.25, 0.3) is 0 Å². The molecule has 56 heavy (non-hydrogen) atoms. The van der Waals surface area contributed by atoms with Crippen LogP contribution in [0.1, 0.15) is 112 Å². The van der Waals surface area contributed by atoms with Crippen LogP contribution in [0.3, 0.4) is 0 Å². The van der Waals surface area contributed by atoms with Crippen LogP contribution in [0, 0.1) is 22.3 Å². The lowest BCUT2D eigenvalue weighted by atomic mass is 9.94. The molecule has 0 aromatic heterocycles. The average Bonchev–Trinajstić information content (AvgIpc) is 3.86. The zero-order chi connectivity index (χ0) is 40.6. The minimum atomic E-state index is -3.66. The summed E-state index contributed by atoms with van der Waals surface area (Å²) >= 11 is 0. The van der Waals surface area contributed by atoms with Gasteiger partial charge in [-0.15, -0.1) is 5.26 Å². The molecule has 0 saturated carbocycles. The van der Waals surface area contributed by atoms with Gasteiger partial charge in [0.15, 0.2) is 0 Å². The number of nitriles is 1. The number of hydrogen-bond donors (Lipinski definition) is 3. The summed E-state index contributed by atoms with van der Waals surface area (Å²) < 4.78 is 54.4. The predicted octanol–water partition coefficient (Wildman–Crippen LogP) is 5.37. The molecule has 0 spiro atoms. The highest BCUT2D eigenvalue weighted by Crippen LogP contribution is 2.41. The van der Waals surface area contributed by atoms with Crippen molar-refractivity contribution in [2.24, 2.45) is 16.0 Å². The highest BCUT2D eigenvalue weighted by molar-refractivity contribution is 7.90. The maximum atomic E-state index is 12.6. The van der Waals surface area contributed by atoms with Gasteiger partial charge in [0.05, 0.1) is 0 Å². The summed E-state index contributed by atoms with van der Waals surface area (Å²) in [5.41, 5.74) is 11.7. The Kier molecular flexibility index (Phi) is 12.5. The first-order valence-corrected chi connectivity index (χ1v) is 23.5. The number of anilines is 1. The second-order valence-electron chi connectivity index (χ2n) is 19.1. The molecule has 6 aliphatic rings. The summed E-state index contributed by atoms with van der Waals surface area (Å²) in [6.07, 6.45) is 14.9. The molecule has 0 unspecified atom stereocenters. The summed E-state index contributed by atoms with van der Waals surface area (Å²) in [6, 6.07) is 4.01. The number of hydrogen-bond acceptors (Lipinski definition) is 9. The molecule has 308 valence electrons. The minimum Gasteiger partial charge on any atom is -0.387 e. The van der Waals surface area contributed by atoms with Crippen LogP contribution < -0.4 is 19.9 Å². The van der Waals surface area contributed by atoms with Gasteiger partial charge in [-0.3, -0.25) is 4.90 Å². The van der Waals surface area contributed by atoms with Crippen molar-refractivity contribution in [3.63, 3.8) is 0 Å². The SMILES string of the molecule is CC(C)(C)CN1CC(S(=O)(=O)NC(=O)Nc2c3c(cc4c2CCC4)CCC3)C1.CC(C)(C)CN1CC(S(N)(=O)=O)C1.N#COc1c2c(cc3c1CCC3)CCC2. The van der Waals surface area contributed by atoms with Crippen molar-refractivity contribution < 1.29 is 26.4 Å². The first-order chi connectivity index (χ1) is 26.2. The van der Waals surface area contributed by atoms with Crippen molar-refractivity contribution in [1.82, 2.24) is 14.5 Å². The van der Waals surface area contributed by atoms with E-state index in [0.29, 0.717) is 26.2 Å². The number of likely N-dealkylation sites (tertiary alicyclic amines) is 2. The standard InChI is InChI=1S/C21H31N3O3S.C13H13NO.C8H18N2O2S/c1-21(2,3)13-24-11-16(12-24)28(26,27)23-20(25)22-19-17-8-4-6-14(17)10-15-7-5-9-18(15)19;14-8-15-13-11-5-1-3-9(11)7-10-4-2-6-12(10)13;1-8(2,3)6-10-4-7(5-10)13(9,11)12/h10,16H,4-9,11-13H2,1-3H3,(H2,22,23,25);7H,1-6H2;7H,4-6H2,1-3H3,(H2,9,11,12). The van der Waals surface area contributed by atoms with E-state index in [-0.39, 0.29) is 16.1 Å². The normalized spacial score (nSPS) is 19.5. The average molecular weight is 811 g/mol. The molecular formula is C42H62N6O6S2. The maximum absolute atomic E-state index is 12.6. The highest BCUT2D eigenvalue weighted by atomic mass is 32.2. The van der Waals surface area contributed by atoms with Crippen LogP contribution in [-0.2, 0) is 71.4 Å². The third-order valence-corrected chi connectivity index (χ3v) is 14.5. The number of carbonyl (C=O) groups excluding carboxylic acids is 1. The molecule has 2 amide bonds. The van der Waals surface area contributed by atoms with Crippen LogP contribution in [0.15, 0.2) is 12.1 Å². The molecule has 2 fully saturated rings. The Bertz CT molecular complexity index is 2000. The van der Waals surface area contributed by atoms with E-state index in [0.717, 1.165) is 88.7 Å². The topological polar surface area (TPSA) is 175 Å². The van der Waals surface area contributed by atoms with Crippen LogP contribution in [0.2, 0.25) is 0 Å². The van der Waals surface area contributed by atoms with Gasteiger partial charge in [0.25, 0.3) is 6.26 Å². The van der Waals surface area contributed by atoms with Crippen LogP contribution in [0.5, 0.6) is 5.75 Å². The monoisotopic (exact) mass is 810 g/mol. The van der Waals surface area contributed by atoms with Gasteiger partial charge in [-0.25, -0.2) is 31.5 Å². The van der Waals surface area contributed by atoms with Gasteiger partial charge in [0.2, 0.25) is 20.0 Å². The number of urea groups is 1. The summed E-state index contributed by atoms with van der Waals surface area (Å²) in [5.74, 6) is 0.903. The fraction of sp³-hybridized carbons (Fsp3) is 0.667. The fourth-order valence-corrected chi connectivity index (χ4v) is 11.4. The van der Waals surface area contributed by atoms with Gasteiger partial charge >= 0.3 is 6.03 Å². The number of primary sulfonamides is 1. The van der Waals surface area contributed by atoms with Crippen molar-refractivity contribution in [3.05, 3.63) is 56.6 Å². The number of ether oxygens (including phenoxy) is 1. The Morgan fingerprint density at radius 2 is 1.11 bits per heavy atom. The number of benzene rings is 2. The van der Waals surface area contributed by atoms with E-state index in [4.69, 9.17) is 15.1 Å². The first-order valence-electron chi connectivity index (χ1n) is 20.4. The summed E-state index contributed by atoms with van der Waals surface area (Å²) in [4.78, 5) is 16.8. The number of nitrogens with two attached hydrogens (primary N) is 1. The molecule has 2 saturated heterocycles. The van der Waals surface area contributed by atoms with E-state index in [1.54, 1.807) is 0 Å². The third-order valence-electron chi connectivity index (χ3n) is 11.7. The van der Waals surface area contributed by atoms with Crippen molar-refractivity contribution in [2.75, 3.05) is 44.6 Å². The lowest BCUT2D eigenvalue weighted by molar-refractivity contribution is 0.128. The fourth-order valence-electron chi connectivity index (χ4n) is 9.30. The first kappa shape index (κ1) is 42.4. The van der Waals surface area contributed by atoms with E-state index in [1.165, 1.54) is 57.3 Å². The molecular weight excluding hydrogens is 749 g/mol. The Morgan fingerprint density at radius 1 is 0.714 bits per heavy atom. The summed E-state index contributed by atoms with van der Waals surface area (Å²) in [5, 5.41) is 15.8. The summed E-state index contributed by atoms with van der Waals surface area (Å²) in [7, 11) is -6.96. The number of amides is 2.